The molecule has 4 rings (SSSR count). The Morgan fingerprint density at radius 2 is 1.50 bits per heavy atom. The third kappa shape index (κ3) is 6.35. The molecule has 0 saturated carbocycles. The zero-order chi connectivity index (χ0) is 30.2. The molecule has 0 saturated heterocycles. The molecule has 2 atom stereocenters. The smallest absolute Gasteiger partial charge is 0.125 e. The number of phenols is 2. The van der Waals surface area contributed by atoms with Crippen LogP contribution >= 0.6 is 0 Å². The van der Waals surface area contributed by atoms with Crippen LogP contribution in [0.4, 0.5) is 5.69 Å². The van der Waals surface area contributed by atoms with Gasteiger partial charge < -0.3 is 29.9 Å². The fourth-order valence-corrected chi connectivity index (χ4v) is 6.18. The highest BCUT2D eigenvalue weighted by Gasteiger charge is 2.37. The third-order valence-corrected chi connectivity index (χ3v) is 8.21. The molecule has 2 aromatic carbocycles. The second-order valence-electron chi connectivity index (χ2n) is 12.8. The van der Waals surface area contributed by atoms with Gasteiger partial charge in [-0.05, 0) is 90.0 Å². The normalized spacial score (nSPS) is 20.5. The number of hydrogen-bond acceptors (Lipinski definition) is 8. The average Bonchev–Trinajstić information content (AvgIpc) is 2.85. The highest BCUT2D eigenvalue weighted by Crippen LogP contribution is 2.48. The van der Waals surface area contributed by atoms with E-state index in [1.165, 1.54) is 0 Å². The maximum atomic E-state index is 10.6. The van der Waals surface area contributed by atoms with Gasteiger partial charge in [0, 0.05) is 39.9 Å². The Bertz CT molecular complexity index is 1220. The summed E-state index contributed by atoms with van der Waals surface area (Å²) in [4.78, 5) is 10.3. The van der Waals surface area contributed by atoms with E-state index in [-0.39, 0.29) is 29.1 Å². The Kier molecular flexibility index (Phi) is 9.72. The molecule has 8 nitrogen and oxygen atoms in total. The molecule has 0 aromatic heterocycles. The van der Waals surface area contributed by atoms with E-state index in [9.17, 15) is 10.2 Å². The first kappa shape index (κ1) is 32.0. The standard InChI is InChI=1S/C17H27NO3.C15H24N2O2/c1-7-11-15-13(18-20-6)9-17(4,5)21-14(15)8-12(10(2)3)16(11)19;1-8-9(2)14(18)10(3)12-11(17-19-6)7-15(4,5)16-13(8)12/h8,10,13,18-19H,7,9H2,1-6H3;11,16-18H,7H2,1-6H3. The average molecular weight is 558 g/mol. The van der Waals surface area contributed by atoms with Crippen LogP contribution in [0.1, 0.15) is 118 Å². The molecule has 2 aliphatic heterocycles. The first-order chi connectivity index (χ1) is 18.6. The lowest BCUT2D eigenvalue weighted by atomic mass is 9.81. The van der Waals surface area contributed by atoms with Crippen molar-refractivity contribution >= 4 is 5.69 Å². The molecule has 8 heteroatoms. The number of ether oxygens (including phenoxy) is 1. The van der Waals surface area contributed by atoms with Gasteiger partial charge in [-0.25, -0.2) is 0 Å². The van der Waals surface area contributed by atoms with Gasteiger partial charge in [0.2, 0.25) is 0 Å². The van der Waals surface area contributed by atoms with E-state index < -0.39 is 0 Å². The first-order valence-corrected chi connectivity index (χ1v) is 14.3. The number of anilines is 1. The van der Waals surface area contributed by atoms with Crippen LogP contribution in [0.15, 0.2) is 6.07 Å². The van der Waals surface area contributed by atoms with E-state index in [1.54, 1.807) is 14.2 Å². The molecule has 0 radical (unpaired) electrons. The summed E-state index contributed by atoms with van der Waals surface area (Å²) in [5, 5.41) is 24.5. The number of rotatable bonds is 6. The maximum absolute atomic E-state index is 10.6. The fraction of sp³-hybridized carbons (Fsp3) is 0.625. The van der Waals surface area contributed by atoms with E-state index in [0.29, 0.717) is 11.5 Å². The number of hydrogen-bond donors (Lipinski definition) is 5. The summed E-state index contributed by atoms with van der Waals surface area (Å²) in [6.45, 7) is 20.7. The molecule has 0 amide bonds. The van der Waals surface area contributed by atoms with Gasteiger partial charge in [0.25, 0.3) is 0 Å². The predicted molar refractivity (Wildman–Crippen MR) is 161 cm³/mol. The Labute approximate surface area is 240 Å². The van der Waals surface area contributed by atoms with Gasteiger partial charge in [-0.15, -0.1) is 0 Å². The maximum Gasteiger partial charge on any atom is 0.125 e. The van der Waals surface area contributed by atoms with Gasteiger partial charge in [-0.2, -0.15) is 11.0 Å². The number of aromatic hydroxyl groups is 2. The highest BCUT2D eigenvalue weighted by molar-refractivity contribution is 5.70. The summed E-state index contributed by atoms with van der Waals surface area (Å²) in [5.41, 5.74) is 14.0. The van der Waals surface area contributed by atoms with Gasteiger partial charge in [0.1, 0.15) is 22.8 Å². The van der Waals surface area contributed by atoms with Gasteiger partial charge in [-0.1, -0.05) is 20.8 Å². The minimum Gasteiger partial charge on any atom is -0.507 e. The summed E-state index contributed by atoms with van der Waals surface area (Å²) >= 11 is 0. The van der Waals surface area contributed by atoms with Crippen molar-refractivity contribution in [2.75, 3.05) is 19.5 Å². The van der Waals surface area contributed by atoms with E-state index in [4.69, 9.17) is 14.4 Å². The Morgan fingerprint density at radius 3 is 2.02 bits per heavy atom. The second kappa shape index (κ2) is 12.1. The van der Waals surface area contributed by atoms with Crippen LogP contribution in [0, 0.1) is 20.8 Å². The van der Waals surface area contributed by atoms with Crippen LogP contribution in [0.5, 0.6) is 17.2 Å². The predicted octanol–water partition coefficient (Wildman–Crippen LogP) is 6.93. The molecule has 2 unspecified atom stereocenters. The van der Waals surface area contributed by atoms with Gasteiger partial charge >= 0.3 is 0 Å². The van der Waals surface area contributed by atoms with E-state index >= 15 is 0 Å². The summed E-state index contributed by atoms with van der Waals surface area (Å²) in [5.74, 6) is 1.90. The molecule has 2 aliphatic rings. The summed E-state index contributed by atoms with van der Waals surface area (Å²) in [7, 11) is 3.25. The van der Waals surface area contributed by atoms with Gasteiger partial charge in [-0.3, -0.25) is 0 Å². The Morgan fingerprint density at radius 1 is 0.925 bits per heavy atom. The monoisotopic (exact) mass is 557 g/mol. The molecule has 40 heavy (non-hydrogen) atoms. The van der Waals surface area contributed by atoms with Crippen LogP contribution in [-0.2, 0) is 16.1 Å². The van der Waals surface area contributed by atoms with Gasteiger partial charge in [0.05, 0.1) is 26.3 Å². The molecule has 5 N–H and O–H groups in total. The van der Waals surface area contributed by atoms with Crippen molar-refractivity contribution in [2.45, 2.75) is 118 Å². The molecule has 0 bridgehead atoms. The largest absolute Gasteiger partial charge is 0.507 e. The van der Waals surface area contributed by atoms with Crippen LogP contribution in [0.3, 0.4) is 0 Å². The van der Waals surface area contributed by atoms with Gasteiger partial charge in [0.15, 0.2) is 0 Å². The summed E-state index contributed by atoms with van der Waals surface area (Å²) in [6.07, 6.45) is 2.46. The summed E-state index contributed by atoms with van der Waals surface area (Å²) < 4.78 is 6.18. The molecule has 0 spiro atoms. The van der Waals surface area contributed by atoms with Crippen molar-refractivity contribution in [3.8, 4) is 17.2 Å². The van der Waals surface area contributed by atoms with Crippen molar-refractivity contribution in [1.29, 1.82) is 0 Å². The number of phenolic OH excluding ortho intramolecular Hbond substituents is 2. The van der Waals surface area contributed by atoms with E-state index in [0.717, 1.165) is 69.6 Å². The van der Waals surface area contributed by atoms with E-state index in [1.807, 2.05) is 26.8 Å². The van der Waals surface area contributed by atoms with Crippen molar-refractivity contribution < 1.29 is 24.6 Å². The third-order valence-electron chi connectivity index (χ3n) is 8.21. The second-order valence-corrected chi connectivity index (χ2v) is 12.8. The van der Waals surface area contributed by atoms with Crippen molar-refractivity contribution in [3.05, 3.63) is 45.0 Å². The lowest BCUT2D eigenvalue weighted by Crippen LogP contribution is -2.42. The lowest BCUT2D eigenvalue weighted by Gasteiger charge is -2.41. The van der Waals surface area contributed by atoms with Crippen molar-refractivity contribution in [2.24, 2.45) is 0 Å². The topological polar surface area (TPSA) is 104 Å². The minimum atomic E-state index is -0.264. The van der Waals surface area contributed by atoms with Crippen molar-refractivity contribution in [1.82, 2.24) is 11.0 Å². The SMILES string of the molecule is CCc1c(O)c(C(C)C)cc2c1C(NOC)CC(C)(C)O2.CONC1CC(C)(C)Nc2c(C)c(C)c(O)c(C)c21. The molecular formula is C32H51N3O5. The quantitative estimate of drug-likeness (QED) is 0.192. The Hall–Kier alpha value is -2.52. The van der Waals surface area contributed by atoms with Crippen molar-refractivity contribution in [3.63, 3.8) is 0 Å². The number of hydroxylamine groups is 2. The molecule has 0 aliphatic carbocycles. The molecular weight excluding hydrogens is 506 g/mol. The van der Waals surface area contributed by atoms with E-state index in [2.05, 4.69) is 64.7 Å². The first-order valence-electron chi connectivity index (χ1n) is 14.3. The number of fused-ring (bicyclic) bond motifs is 2. The summed E-state index contributed by atoms with van der Waals surface area (Å²) in [6, 6.07) is 2.09. The van der Waals surface area contributed by atoms with Crippen LogP contribution in [0.2, 0.25) is 0 Å². The Balaban J connectivity index is 0.000000222. The van der Waals surface area contributed by atoms with Crippen LogP contribution in [-0.4, -0.2) is 35.6 Å². The molecule has 224 valence electrons. The minimum absolute atomic E-state index is 0.0101. The van der Waals surface area contributed by atoms with Crippen LogP contribution in [0.25, 0.3) is 0 Å². The number of benzene rings is 2. The number of nitrogens with one attached hydrogen (secondary N) is 3. The molecule has 2 heterocycles. The molecule has 0 fully saturated rings. The van der Waals surface area contributed by atoms with Crippen LogP contribution < -0.4 is 21.0 Å². The zero-order valence-electron chi connectivity index (χ0n) is 26.5. The fourth-order valence-electron chi connectivity index (χ4n) is 6.18. The lowest BCUT2D eigenvalue weighted by molar-refractivity contribution is 0.00236. The zero-order valence-corrected chi connectivity index (χ0v) is 26.5. The highest BCUT2D eigenvalue weighted by atomic mass is 16.6. The molecule has 2 aromatic rings.